The zero-order chi connectivity index (χ0) is 14.4. The molecule has 2 atom stereocenters. The maximum Gasteiger partial charge on any atom is 0.308 e. The summed E-state index contributed by atoms with van der Waals surface area (Å²) in [5, 5.41) is 14.0. The minimum Gasteiger partial charge on any atom is -0.466 e. The van der Waals surface area contributed by atoms with Crippen LogP contribution in [0.15, 0.2) is 0 Å². The van der Waals surface area contributed by atoms with Crippen molar-refractivity contribution in [2.24, 2.45) is 5.92 Å². The highest BCUT2D eigenvalue weighted by molar-refractivity contribution is 5.72. The standard InChI is InChI=1S/C16H29NO3/c1-2-20-15(18)13-7-6-8-14(11-13)17-12-16(19)9-4-3-5-10-16/h13-14,17,19H,2-12H2,1H3. The highest BCUT2D eigenvalue weighted by Crippen LogP contribution is 2.29. The molecule has 0 amide bonds. The molecule has 0 aromatic rings. The Morgan fingerprint density at radius 1 is 1.25 bits per heavy atom. The molecule has 0 saturated heterocycles. The van der Waals surface area contributed by atoms with E-state index in [9.17, 15) is 9.90 Å². The summed E-state index contributed by atoms with van der Waals surface area (Å²) in [4.78, 5) is 11.8. The second-order valence-corrected chi connectivity index (χ2v) is 6.48. The molecule has 2 aliphatic rings. The van der Waals surface area contributed by atoms with Crippen molar-refractivity contribution in [3.63, 3.8) is 0 Å². The highest BCUT2D eigenvalue weighted by atomic mass is 16.5. The first-order valence-corrected chi connectivity index (χ1v) is 8.25. The minimum absolute atomic E-state index is 0.0437. The Morgan fingerprint density at radius 3 is 2.70 bits per heavy atom. The lowest BCUT2D eigenvalue weighted by Crippen LogP contribution is -2.47. The third-order valence-electron chi connectivity index (χ3n) is 4.80. The number of carbonyl (C=O) groups is 1. The predicted molar refractivity (Wildman–Crippen MR) is 78.4 cm³/mol. The molecule has 4 nitrogen and oxygen atoms in total. The summed E-state index contributed by atoms with van der Waals surface area (Å²) in [6.45, 7) is 3.00. The monoisotopic (exact) mass is 283 g/mol. The summed E-state index contributed by atoms with van der Waals surface area (Å²) in [5.74, 6) is -0.00224. The van der Waals surface area contributed by atoms with Gasteiger partial charge in [0.05, 0.1) is 18.1 Å². The number of esters is 1. The molecular weight excluding hydrogens is 254 g/mol. The number of aliphatic hydroxyl groups is 1. The zero-order valence-corrected chi connectivity index (χ0v) is 12.7. The molecule has 0 aliphatic heterocycles. The molecule has 2 N–H and O–H groups in total. The van der Waals surface area contributed by atoms with E-state index < -0.39 is 5.60 Å². The predicted octanol–water partition coefficient (Wildman–Crippen LogP) is 2.39. The molecule has 0 heterocycles. The molecule has 2 unspecified atom stereocenters. The number of ether oxygens (including phenoxy) is 1. The molecule has 2 rings (SSSR count). The number of hydrogen-bond donors (Lipinski definition) is 2. The van der Waals surface area contributed by atoms with Crippen LogP contribution < -0.4 is 5.32 Å². The van der Waals surface area contributed by atoms with Crippen molar-refractivity contribution >= 4 is 5.97 Å². The second-order valence-electron chi connectivity index (χ2n) is 6.48. The first-order valence-electron chi connectivity index (χ1n) is 8.25. The van der Waals surface area contributed by atoms with Crippen molar-refractivity contribution in [3.8, 4) is 0 Å². The van der Waals surface area contributed by atoms with Crippen LogP contribution in [0.5, 0.6) is 0 Å². The van der Waals surface area contributed by atoms with Gasteiger partial charge in [0, 0.05) is 12.6 Å². The average molecular weight is 283 g/mol. The number of rotatable bonds is 5. The number of nitrogens with one attached hydrogen (secondary N) is 1. The summed E-state index contributed by atoms with van der Waals surface area (Å²) in [6.07, 6.45) is 9.31. The fraction of sp³-hybridized carbons (Fsp3) is 0.938. The summed E-state index contributed by atoms with van der Waals surface area (Å²) in [6, 6.07) is 0.351. The number of carbonyl (C=O) groups excluding carboxylic acids is 1. The summed E-state index contributed by atoms with van der Waals surface area (Å²) >= 11 is 0. The second kappa shape index (κ2) is 7.41. The quantitative estimate of drug-likeness (QED) is 0.761. The lowest BCUT2D eigenvalue weighted by atomic mass is 9.83. The van der Waals surface area contributed by atoms with Gasteiger partial charge in [0.15, 0.2) is 0 Å². The van der Waals surface area contributed by atoms with Crippen molar-refractivity contribution in [2.45, 2.75) is 76.4 Å². The minimum atomic E-state index is -0.519. The van der Waals surface area contributed by atoms with E-state index in [1.54, 1.807) is 0 Å². The third-order valence-corrected chi connectivity index (χ3v) is 4.80. The van der Waals surface area contributed by atoms with Crippen molar-refractivity contribution in [1.29, 1.82) is 0 Å². The van der Waals surface area contributed by atoms with Crippen LogP contribution in [0.2, 0.25) is 0 Å². The van der Waals surface area contributed by atoms with Gasteiger partial charge < -0.3 is 15.2 Å². The summed E-state index contributed by atoms with van der Waals surface area (Å²) in [7, 11) is 0. The molecule has 0 aromatic carbocycles. The van der Waals surface area contributed by atoms with E-state index in [0.717, 1.165) is 51.4 Å². The zero-order valence-electron chi connectivity index (χ0n) is 12.7. The van der Waals surface area contributed by atoms with Gasteiger partial charge in [-0.3, -0.25) is 4.79 Å². The SMILES string of the molecule is CCOC(=O)C1CCCC(NCC2(O)CCCCC2)C1. The third kappa shape index (κ3) is 4.45. The topological polar surface area (TPSA) is 58.6 Å². The van der Waals surface area contributed by atoms with Crippen molar-refractivity contribution < 1.29 is 14.6 Å². The van der Waals surface area contributed by atoms with Crippen molar-refractivity contribution in [1.82, 2.24) is 5.32 Å². The van der Waals surface area contributed by atoms with Gasteiger partial charge >= 0.3 is 5.97 Å². The number of hydrogen-bond acceptors (Lipinski definition) is 4. The Bertz CT molecular complexity index is 313. The van der Waals surface area contributed by atoms with Crippen LogP contribution in [0, 0.1) is 5.92 Å². The van der Waals surface area contributed by atoms with Gasteiger partial charge in [-0.2, -0.15) is 0 Å². The summed E-state index contributed by atoms with van der Waals surface area (Å²) < 4.78 is 5.13. The van der Waals surface area contributed by atoms with Crippen LogP contribution in [0.4, 0.5) is 0 Å². The smallest absolute Gasteiger partial charge is 0.308 e. The lowest BCUT2D eigenvalue weighted by molar-refractivity contribution is -0.149. The van der Waals surface area contributed by atoms with E-state index in [1.807, 2.05) is 6.92 Å². The van der Waals surface area contributed by atoms with E-state index in [1.165, 1.54) is 6.42 Å². The van der Waals surface area contributed by atoms with Crippen molar-refractivity contribution in [3.05, 3.63) is 0 Å². The van der Waals surface area contributed by atoms with E-state index in [2.05, 4.69) is 5.32 Å². The van der Waals surface area contributed by atoms with Gasteiger partial charge in [-0.1, -0.05) is 25.7 Å². The fourth-order valence-corrected chi connectivity index (χ4v) is 3.57. The van der Waals surface area contributed by atoms with Crippen LogP contribution in [-0.2, 0) is 9.53 Å². The lowest BCUT2D eigenvalue weighted by Gasteiger charge is -2.35. The summed E-state index contributed by atoms with van der Waals surface area (Å²) in [5.41, 5.74) is -0.519. The first kappa shape index (κ1) is 15.8. The van der Waals surface area contributed by atoms with Crippen LogP contribution in [-0.4, -0.2) is 35.9 Å². The van der Waals surface area contributed by atoms with E-state index in [4.69, 9.17) is 4.74 Å². The Balaban J connectivity index is 1.76. The van der Waals surface area contributed by atoms with Crippen molar-refractivity contribution in [2.75, 3.05) is 13.2 Å². The van der Waals surface area contributed by atoms with Gasteiger partial charge in [0.25, 0.3) is 0 Å². The largest absolute Gasteiger partial charge is 0.466 e. The molecule has 20 heavy (non-hydrogen) atoms. The van der Waals surface area contributed by atoms with Gasteiger partial charge in [-0.15, -0.1) is 0 Å². The molecule has 2 fully saturated rings. The van der Waals surface area contributed by atoms with Gasteiger partial charge in [0.1, 0.15) is 0 Å². The average Bonchev–Trinajstić information content (AvgIpc) is 2.47. The van der Waals surface area contributed by atoms with E-state index >= 15 is 0 Å². The maximum absolute atomic E-state index is 11.8. The van der Waals surface area contributed by atoms with Gasteiger partial charge in [-0.25, -0.2) is 0 Å². The van der Waals surface area contributed by atoms with Gasteiger partial charge in [-0.05, 0) is 39.0 Å². The molecule has 0 bridgehead atoms. The van der Waals surface area contributed by atoms with Crippen LogP contribution in [0.1, 0.15) is 64.7 Å². The molecule has 116 valence electrons. The van der Waals surface area contributed by atoms with Crippen LogP contribution in [0.25, 0.3) is 0 Å². The van der Waals surface area contributed by atoms with E-state index in [0.29, 0.717) is 19.2 Å². The van der Waals surface area contributed by atoms with Crippen LogP contribution >= 0.6 is 0 Å². The Kier molecular flexibility index (Phi) is 5.85. The highest BCUT2D eigenvalue weighted by Gasteiger charge is 2.32. The Morgan fingerprint density at radius 2 is 2.00 bits per heavy atom. The van der Waals surface area contributed by atoms with E-state index in [-0.39, 0.29) is 11.9 Å². The molecule has 4 heteroatoms. The Hall–Kier alpha value is -0.610. The molecular formula is C16H29NO3. The first-order chi connectivity index (χ1) is 9.63. The fourth-order valence-electron chi connectivity index (χ4n) is 3.57. The molecule has 0 radical (unpaired) electrons. The Labute approximate surface area is 122 Å². The van der Waals surface area contributed by atoms with Gasteiger partial charge in [0.2, 0.25) is 0 Å². The maximum atomic E-state index is 11.8. The van der Waals surface area contributed by atoms with Crippen LogP contribution in [0.3, 0.4) is 0 Å². The molecule has 2 aliphatic carbocycles. The molecule has 0 spiro atoms. The normalized spacial score (nSPS) is 29.9. The molecule has 2 saturated carbocycles. The molecule has 0 aromatic heterocycles.